The van der Waals surface area contributed by atoms with Gasteiger partial charge in [-0.15, -0.1) is 22.7 Å². The zero-order chi connectivity index (χ0) is 21.6. The number of nitrogens with one attached hydrogen (secondary N) is 1. The number of amides is 1. The highest BCUT2D eigenvalue weighted by Crippen LogP contribution is 2.25. The molecule has 0 saturated heterocycles. The maximum absolute atomic E-state index is 12.3. The van der Waals surface area contributed by atoms with E-state index in [9.17, 15) is 9.59 Å². The highest BCUT2D eigenvalue weighted by Gasteiger charge is 2.09. The second-order valence-electron chi connectivity index (χ2n) is 6.69. The van der Waals surface area contributed by atoms with Gasteiger partial charge in [-0.1, -0.05) is 6.07 Å². The van der Waals surface area contributed by atoms with Crippen LogP contribution in [0.1, 0.15) is 5.69 Å². The predicted octanol–water partition coefficient (Wildman–Crippen LogP) is 3.46. The smallest absolute Gasteiger partial charge is 0.254 e. The van der Waals surface area contributed by atoms with Crippen molar-refractivity contribution in [3.63, 3.8) is 0 Å². The number of thiazole rings is 1. The number of aromatic nitrogens is 3. The Morgan fingerprint density at radius 3 is 2.74 bits per heavy atom. The van der Waals surface area contributed by atoms with E-state index in [2.05, 4.69) is 15.3 Å². The lowest BCUT2D eigenvalue weighted by atomic mass is 10.2. The van der Waals surface area contributed by atoms with Crippen LogP contribution in [0.2, 0.25) is 0 Å². The van der Waals surface area contributed by atoms with Crippen molar-refractivity contribution in [2.45, 2.75) is 13.0 Å². The monoisotopic (exact) mass is 452 g/mol. The summed E-state index contributed by atoms with van der Waals surface area (Å²) in [5.74, 6) is 0.567. The molecule has 4 rings (SSSR count). The number of carbonyl (C=O) groups is 1. The first-order valence-corrected chi connectivity index (χ1v) is 11.3. The van der Waals surface area contributed by atoms with Crippen molar-refractivity contribution in [3.8, 4) is 26.9 Å². The Morgan fingerprint density at radius 2 is 2.03 bits per heavy atom. The molecule has 0 radical (unpaired) electrons. The summed E-state index contributed by atoms with van der Waals surface area (Å²) in [5, 5.41) is 7.68. The van der Waals surface area contributed by atoms with Crippen molar-refractivity contribution in [2.24, 2.45) is 0 Å². The van der Waals surface area contributed by atoms with Gasteiger partial charge in [-0.05, 0) is 35.7 Å². The third-order valence-electron chi connectivity index (χ3n) is 4.56. The van der Waals surface area contributed by atoms with Crippen LogP contribution in [-0.4, -0.2) is 34.1 Å². The second-order valence-corrected chi connectivity index (χ2v) is 8.50. The van der Waals surface area contributed by atoms with Crippen LogP contribution in [0.15, 0.2) is 64.3 Å². The quantitative estimate of drug-likeness (QED) is 0.442. The topological polar surface area (TPSA) is 86.1 Å². The number of benzene rings is 1. The first-order chi connectivity index (χ1) is 15.1. The lowest BCUT2D eigenvalue weighted by Crippen LogP contribution is -2.33. The molecular formula is C22H20N4O3S2. The summed E-state index contributed by atoms with van der Waals surface area (Å²) in [5.41, 5.74) is 2.30. The molecule has 4 aromatic rings. The first kappa shape index (κ1) is 21.0. The number of carbonyl (C=O) groups excluding carboxylic acids is 1. The molecule has 0 unspecified atom stereocenters. The van der Waals surface area contributed by atoms with Gasteiger partial charge < -0.3 is 10.1 Å². The molecule has 9 heteroatoms. The van der Waals surface area contributed by atoms with Crippen LogP contribution in [0.25, 0.3) is 21.1 Å². The fourth-order valence-corrected chi connectivity index (χ4v) is 4.49. The minimum atomic E-state index is -0.253. The Labute approximate surface area is 187 Å². The lowest BCUT2D eigenvalue weighted by Gasteiger charge is -2.07. The molecule has 0 fully saturated rings. The molecule has 0 aliphatic carbocycles. The zero-order valence-electron chi connectivity index (χ0n) is 16.8. The molecule has 3 aromatic heterocycles. The summed E-state index contributed by atoms with van der Waals surface area (Å²) in [6, 6.07) is 13.0. The molecular weight excluding hydrogens is 432 g/mol. The van der Waals surface area contributed by atoms with Crippen LogP contribution < -0.4 is 15.6 Å². The van der Waals surface area contributed by atoms with Crippen LogP contribution >= 0.6 is 22.7 Å². The minimum Gasteiger partial charge on any atom is -0.497 e. The summed E-state index contributed by atoms with van der Waals surface area (Å²) >= 11 is 3.08. The molecule has 3 heterocycles. The highest BCUT2D eigenvalue weighted by molar-refractivity contribution is 7.13. The Hall–Kier alpha value is -3.30. The number of methoxy groups -OCH3 is 1. The number of hydrogen-bond donors (Lipinski definition) is 1. The van der Waals surface area contributed by atoms with Gasteiger partial charge in [-0.2, -0.15) is 0 Å². The molecule has 1 amide bonds. The Balaban J connectivity index is 1.29. The average Bonchev–Trinajstić information content (AvgIpc) is 3.48. The number of thiophene rings is 1. The molecule has 0 bridgehead atoms. The van der Waals surface area contributed by atoms with Gasteiger partial charge >= 0.3 is 0 Å². The molecule has 0 saturated carbocycles. The summed E-state index contributed by atoms with van der Waals surface area (Å²) in [4.78, 5) is 34.3. The van der Waals surface area contributed by atoms with Crippen molar-refractivity contribution in [1.29, 1.82) is 0 Å². The second kappa shape index (κ2) is 9.67. The van der Waals surface area contributed by atoms with Gasteiger partial charge in [0, 0.05) is 30.0 Å². The molecule has 0 spiro atoms. The van der Waals surface area contributed by atoms with E-state index in [1.165, 1.54) is 28.3 Å². The molecule has 0 aliphatic rings. The predicted molar refractivity (Wildman–Crippen MR) is 123 cm³/mol. The first-order valence-electron chi connectivity index (χ1n) is 9.58. The van der Waals surface area contributed by atoms with E-state index in [-0.39, 0.29) is 18.0 Å². The number of hydrogen-bond acceptors (Lipinski definition) is 7. The summed E-state index contributed by atoms with van der Waals surface area (Å²) in [6.45, 7) is 0.380. The Kier molecular flexibility index (Phi) is 6.54. The average molecular weight is 453 g/mol. The van der Waals surface area contributed by atoms with E-state index >= 15 is 0 Å². The van der Waals surface area contributed by atoms with Gasteiger partial charge in [0.15, 0.2) is 0 Å². The normalized spacial score (nSPS) is 10.7. The van der Waals surface area contributed by atoms with Crippen LogP contribution in [-0.2, 0) is 17.8 Å². The van der Waals surface area contributed by atoms with Crippen LogP contribution in [0.4, 0.5) is 0 Å². The van der Waals surface area contributed by atoms with Crippen molar-refractivity contribution in [1.82, 2.24) is 19.9 Å². The SMILES string of the molecule is COc1ccc(-c2nc(CCNC(=O)Cn3cnc(-c4cccs4)cc3=O)cs2)cc1. The van der Waals surface area contributed by atoms with Gasteiger partial charge in [0.2, 0.25) is 5.91 Å². The van der Waals surface area contributed by atoms with Crippen molar-refractivity contribution >= 4 is 28.6 Å². The molecule has 1 N–H and O–H groups in total. The van der Waals surface area contributed by atoms with E-state index in [0.717, 1.165) is 26.9 Å². The largest absolute Gasteiger partial charge is 0.497 e. The van der Waals surface area contributed by atoms with Crippen LogP contribution in [0.3, 0.4) is 0 Å². The number of nitrogens with zero attached hydrogens (tertiary/aromatic N) is 3. The number of rotatable bonds is 8. The molecule has 31 heavy (non-hydrogen) atoms. The van der Waals surface area contributed by atoms with E-state index < -0.39 is 0 Å². The molecule has 1 aromatic carbocycles. The van der Waals surface area contributed by atoms with Gasteiger partial charge in [0.25, 0.3) is 5.56 Å². The minimum absolute atomic E-state index is 0.0648. The molecule has 158 valence electrons. The Morgan fingerprint density at radius 1 is 1.19 bits per heavy atom. The zero-order valence-corrected chi connectivity index (χ0v) is 18.4. The molecule has 7 nitrogen and oxygen atoms in total. The Bertz CT molecular complexity index is 1210. The summed E-state index contributed by atoms with van der Waals surface area (Å²) in [6.07, 6.45) is 2.03. The summed E-state index contributed by atoms with van der Waals surface area (Å²) in [7, 11) is 1.64. The standard InChI is InChI=1S/C22H20N4O3S2/c1-29-17-6-4-15(5-7-17)22-25-16(13-31-22)8-9-23-20(27)12-26-14-24-18(11-21(26)28)19-3-2-10-30-19/h2-7,10-11,13-14H,8-9,12H2,1H3,(H,23,27). The van der Waals surface area contributed by atoms with E-state index in [1.807, 2.05) is 47.2 Å². The fourth-order valence-electron chi connectivity index (χ4n) is 2.93. The maximum Gasteiger partial charge on any atom is 0.254 e. The van der Waals surface area contributed by atoms with E-state index in [1.54, 1.807) is 18.4 Å². The van der Waals surface area contributed by atoms with Gasteiger partial charge in [0.1, 0.15) is 17.3 Å². The van der Waals surface area contributed by atoms with Crippen molar-refractivity contribution in [2.75, 3.05) is 13.7 Å². The van der Waals surface area contributed by atoms with E-state index in [0.29, 0.717) is 18.7 Å². The van der Waals surface area contributed by atoms with E-state index in [4.69, 9.17) is 4.74 Å². The number of ether oxygens (including phenoxy) is 1. The third-order valence-corrected chi connectivity index (χ3v) is 6.39. The van der Waals surface area contributed by atoms with Gasteiger partial charge in [-0.25, -0.2) is 9.97 Å². The maximum atomic E-state index is 12.3. The van der Waals surface area contributed by atoms with Crippen LogP contribution in [0.5, 0.6) is 5.75 Å². The highest BCUT2D eigenvalue weighted by atomic mass is 32.1. The van der Waals surface area contributed by atoms with Crippen LogP contribution in [0, 0.1) is 0 Å². The molecule has 0 atom stereocenters. The van der Waals surface area contributed by atoms with Crippen molar-refractivity contribution < 1.29 is 9.53 Å². The lowest BCUT2D eigenvalue weighted by molar-refractivity contribution is -0.121. The van der Waals surface area contributed by atoms with Crippen molar-refractivity contribution in [3.05, 3.63) is 75.6 Å². The van der Waals surface area contributed by atoms with Gasteiger partial charge in [0.05, 0.1) is 29.7 Å². The molecule has 0 aliphatic heterocycles. The third kappa shape index (κ3) is 5.25. The fraction of sp³-hybridized carbons (Fsp3) is 0.182. The summed E-state index contributed by atoms with van der Waals surface area (Å²) < 4.78 is 6.48. The van der Waals surface area contributed by atoms with Gasteiger partial charge in [-0.3, -0.25) is 14.2 Å².